The van der Waals surface area contributed by atoms with E-state index in [9.17, 15) is 14.9 Å². The first-order chi connectivity index (χ1) is 17.6. The number of nitro benzene ring substituents is 1. The van der Waals surface area contributed by atoms with Crippen LogP contribution in [0.5, 0.6) is 5.75 Å². The molecular weight excluding hydrogens is 539 g/mol. The molecule has 0 saturated carbocycles. The van der Waals surface area contributed by atoms with Crippen LogP contribution in [0.4, 0.5) is 11.4 Å². The minimum Gasteiger partial charge on any atom is -0.487 e. The second-order valence-electron chi connectivity index (χ2n) is 8.26. The lowest BCUT2D eigenvalue weighted by Crippen LogP contribution is -2.13. The third-order valence-corrected chi connectivity index (χ3v) is 6.71. The standard InChI is InChI=1S/C26H21Cl3N4O4/c1-15-25(16(2)32(31-15)13-18-5-9-21(27)22(28)11-18)30-26(34)19-6-3-17(4-7-19)14-37-24-10-8-20(33(35)36)12-23(24)29/h3-12H,13-14H2,1-2H3,(H,30,34). The first-order valence-electron chi connectivity index (χ1n) is 11.1. The highest BCUT2D eigenvalue weighted by Crippen LogP contribution is 2.29. The summed E-state index contributed by atoms with van der Waals surface area (Å²) in [7, 11) is 0. The van der Waals surface area contributed by atoms with Gasteiger partial charge in [0.2, 0.25) is 0 Å². The molecule has 190 valence electrons. The number of rotatable bonds is 8. The van der Waals surface area contributed by atoms with Crippen molar-refractivity contribution in [3.63, 3.8) is 0 Å². The van der Waals surface area contributed by atoms with Gasteiger partial charge in [0.1, 0.15) is 12.4 Å². The Morgan fingerprint density at radius 3 is 2.32 bits per heavy atom. The number of carbonyl (C=O) groups is 1. The van der Waals surface area contributed by atoms with E-state index < -0.39 is 4.92 Å². The molecule has 1 N–H and O–H groups in total. The van der Waals surface area contributed by atoms with Crippen molar-refractivity contribution < 1.29 is 14.5 Å². The van der Waals surface area contributed by atoms with E-state index in [1.807, 2.05) is 19.9 Å². The number of aromatic nitrogens is 2. The molecule has 0 unspecified atom stereocenters. The fourth-order valence-electron chi connectivity index (χ4n) is 3.66. The largest absolute Gasteiger partial charge is 0.487 e. The molecule has 1 heterocycles. The third kappa shape index (κ3) is 6.22. The Kier molecular flexibility index (Phi) is 8.02. The lowest BCUT2D eigenvalue weighted by Gasteiger charge is -2.10. The topological polar surface area (TPSA) is 99.3 Å². The molecular formula is C26H21Cl3N4O4. The predicted molar refractivity (Wildman–Crippen MR) is 144 cm³/mol. The lowest BCUT2D eigenvalue weighted by molar-refractivity contribution is -0.384. The van der Waals surface area contributed by atoms with E-state index in [0.29, 0.717) is 39.3 Å². The number of benzene rings is 3. The number of anilines is 1. The Morgan fingerprint density at radius 2 is 1.68 bits per heavy atom. The van der Waals surface area contributed by atoms with Gasteiger partial charge in [0.25, 0.3) is 11.6 Å². The zero-order valence-corrected chi connectivity index (χ0v) is 22.1. The van der Waals surface area contributed by atoms with Gasteiger partial charge in [0.15, 0.2) is 0 Å². The van der Waals surface area contributed by atoms with Gasteiger partial charge in [-0.05, 0) is 55.3 Å². The number of aryl methyl sites for hydroxylation is 1. The van der Waals surface area contributed by atoms with Gasteiger partial charge in [-0.25, -0.2) is 0 Å². The summed E-state index contributed by atoms with van der Waals surface area (Å²) in [6, 6.07) is 16.3. The molecule has 0 atom stereocenters. The highest BCUT2D eigenvalue weighted by atomic mass is 35.5. The maximum Gasteiger partial charge on any atom is 0.271 e. The minimum atomic E-state index is -0.525. The molecule has 4 aromatic rings. The summed E-state index contributed by atoms with van der Waals surface area (Å²) >= 11 is 18.2. The van der Waals surface area contributed by atoms with Crippen molar-refractivity contribution >= 4 is 52.1 Å². The molecule has 0 bridgehead atoms. The molecule has 0 aliphatic rings. The molecule has 3 aromatic carbocycles. The zero-order chi connectivity index (χ0) is 26.7. The van der Waals surface area contributed by atoms with Crippen LogP contribution in [0.1, 0.15) is 32.9 Å². The number of non-ortho nitro benzene ring substituents is 1. The summed E-state index contributed by atoms with van der Waals surface area (Å²) < 4.78 is 7.47. The number of nitrogens with one attached hydrogen (secondary N) is 1. The number of hydrogen-bond acceptors (Lipinski definition) is 5. The van der Waals surface area contributed by atoms with Crippen LogP contribution in [0.3, 0.4) is 0 Å². The van der Waals surface area contributed by atoms with Gasteiger partial charge in [0, 0.05) is 17.7 Å². The first-order valence-corrected chi connectivity index (χ1v) is 12.2. The summed E-state index contributed by atoms with van der Waals surface area (Å²) in [6.07, 6.45) is 0. The quantitative estimate of drug-likeness (QED) is 0.181. The van der Waals surface area contributed by atoms with Gasteiger partial charge >= 0.3 is 0 Å². The van der Waals surface area contributed by atoms with Gasteiger partial charge in [-0.2, -0.15) is 5.10 Å². The van der Waals surface area contributed by atoms with Crippen molar-refractivity contribution in [2.45, 2.75) is 27.0 Å². The third-order valence-electron chi connectivity index (χ3n) is 5.67. The molecule has 8 nitrogen and oxygen atoms in total. The summed E-state index contributed by atoms with van der Waals surface area (Å²) in [5, 5.41) is 19.4. The van der Waals surface area contributed by atoms with Gasteiger partial charge in [0.05, 0.1) is 43.6 Å². The summed E-state index contributed by atoms with van der Waals surface area (Å²) in [4.78, 5) is 23.2. The lowest BCUT2D eigenvalue weighted by atomic mass is 10.1. The Hall–Kier alpha value is -3.59. The molecule has 0 spiro atoms. The van der Waals surface area contributed by atoms with Crippen LogP contribution < -0.4 is 10.1 Å². The minimum absolute atomic E-state index is 0.113. The van der Waals surface area contributed by atoms with Crippen LogP contribution in [0.2, 0.25) is 15.1 Å². The highest BCUT2D eigenvalue weighted by molar-refractivity contribution is 6.42. The Bertz CT molecular complexity index is 1490. The molecule has 0 radical (unpaired) electrons. The van der Waals surface area contributed by atoms with Crippen molar-refractivity contribution in [1.82, 2.24) is 9.78 Å². The second kappa shape index (κ2) is 11.2. The maximum absolute atomic E-state index is 12.9. The number of hydrogen-bond donors (Lipinski definition) is 1. The average Bonchev–Trinajstić information content (AvgIpc) is 3.12. The Morgan fingerprint density at radius 1 is 0.973 bits per heavy atom. The predicted octanol–water partition coefficient (Wildman–Crippen LogP) is 7.25. The van der Waals surface area contributed by atoms with E-state index >= 15 is 0 Å². The molecule has 1 aromatic heterocycles. The van der Waals surface area contributed by atoms with Crippen molar-refractivity contribution in [1.29, 1.82) is 0 Å². The first kappa shape index (κ1) is 26.5. The average molecular weight is 560 g/mol. The van der Waals surface area contributed by atoms with Crippen LogP contribution in [0, 0.1) is 24.0 Å². The molecule has 11 heteroatoms. The summed E-state index contributed by atoms with van der Waals surface area (Å²) in [6.45, 7) is 4.38. The van der Waals surface area contributed by atoms with Crippen molar-refractivity contribution in [3.8, 4) is 5.75 Å². The van der Waals surface area contributed by atoms with E-state index in [1.165, 1.54) is 18.2 Å². The Balaban J connectivity index is 1.40. The molecule has 0 fully saturated rings. The van der Waals surface area contributed by atoms with Crippen LogP contribution in [-0.4, -0.2) is 20.6 Å². The number of halogens is 3. The van der Waals surface area contributed by atoms with Crippen molar-refractivity contribution in [3.05, 3.63) is 114 Å². The Labute approximate surface area is 227 Å². The zero-order valence-electron chi connectivity index (χ0n) is 19.8. The summed E-state index contributed by atoms with van der Waals surface area (Å²) in [5.74, 6) is 0.0593. The number of ether oxygens (including phenoxy) is 1. The van der Waals surface area contributed by atoms with Gasteiger partial charge in [-0.3, -0.25) is 19.6 Å². The molecule has 0 aliphatic carbocycles. The van der Waals surface area contributed by atoms with Gasteiger partial charge < -0.3 is 10.1 Å². The van der Waals surface area contributed by atoms with E-state index in [2.05, 4.69) is 10.4 Å². The summed E-state index contributed by atoms with van der Waals surface area (Å²) in [5.41, 5.74) is 4.23. The molecule has 0 aliphatic heterocycles. The number of nitro groups is 1. The number of nitrogens with zero attached hydrogens (tertiary/aromatic N) is 3. The van der Waals surface area contributed by atoms with Crippen LogP contribution >= 0.6 is 34.8 Å². The molecule has 0 saturated heterocycles. The van der Waals surface area contributed by atoms with Gasteiger partial charge in [-0.15, -0.1) is 0 Å². The molecule has 1 amide bonds. The van der Waals surface area contributed by atoms with E-state index in [-0.39, 0.29) is 23.2 Å². The van der Waals surface area contributed by atoms with Crippen LogP contribution in [0.15, 0.2) is 60.7 Å². The highest BCUT2D eigenvalue weighted by Gasteiger charge is 2.16. The van der Waals surface area contributed by atoms with Crippen molar-refractivity contribution in [2.75, 3.05) is 5.32 Å². The second-order valence-corrected chi connectivity index (χ2v) is 9.49. The molecule has 37 heavy (non-hydrogen) atoms. The number of carbonyl (C=O) groups excluding carboxylic acids is 1. The van der Waals surface area contributed by atoms with Crippen LogP contribution in [0.25, 0.3) is 0 Å². The fraction of sp³-hybridized carbons (Fsp3) is 0.154. The van der Waals surface area contributed by atoms with Gasteiger partial charge in [-0.1, -0.05) is 53.0 Å². The smallest absolute Gasteiger partial charge is 0.271 e. The fourth-order valence-corrected chi connectivity index (χ4v) is 4.21. The monoisotopic (exact) mass is 558 g/mol. The maximum atomic E-state index is 12.9. The van der Waals surface area contributed by atoms with Crippen molar-refractivity contribution in [2.24, 2.45) is 0 Å². The molecule has 4 rings (SSSR count). The van der Waals surface area contributed by atoms with E-state index in [4.69, 9.17) is 39.5 Å². The van der Waals surface area contributed by atoms with Crippen LogP contribution in [-0.2, 0) is 13.2 Å². The normalized spacial score (nSPS) is 10.8. The SMILES string of the molecule is Cc1nn(Cc2ccc(Cl)c(Cl)c2)c(C)c1NC(=O)c1ccc(COc2ccc([N+](=O)[O-])cc2Cl)cc1. The van der Waals surface area contributed by atoms with E-state index in [1.54, 1.807) is 41.1 Å². The number of amides is 1. The van der Waals surface area contributed by atoms with E-state index in [0.717, 1.165) is 16.8 Å².